The molecule has 0 bridgehead atoms. The lowest BCUT2D eigenvalue weighted by molar-refractivity contribution is -0.134. The monoisotopic (exact) mass is 363 g/mol. The lowest BCUT2D eigenvalue weighted by Gasteiger charge is -2.15. The van der Waals surface area contributed by atoms with E-state index >= 15 is 0 Å². The van der Waals surface area contributed by atoms with Crippen LogP contribution in [0.15, 0.2) is 48.8 Å². The van der Waals surface area contributed by atoms with Gasteiger partial charge in [0.1, 0.15) is 12.4 Å². The predicted molar refractivity (Wildman–Crippen MR) is 105 cm³/mol. The van der Waals surface area contributed by atoms with Crippen LogP contribution in [0.4, 0.5) is 17.5 Å². The average Bonchev–Trinajstić information content (AvgIpc) is 2.68. The maximum absolute atomic E-state index is 10.9. The summed E-state index contributed by atoms with van der Waals surface area (Å²) >= 11 is 0. The fourth-order valence-corrected chi connectivity index (χ4v) is 2.74. The fourth-order valence-electron chi connectivity index (χ4n) is 2.74. The van der Waals surface area contributed by atoms with Crippen LogP contribution in [0, 0.1) is 6.92 Å². The smallest absolute Gasteiger partial charge is 0.322 e. The van der Waals surface area contributed by atoms with E-state index in [0.717, 1.165) is 23.2 Å². The van der Waals surface area contributed by atoms with Gasteiger partial charge in [-0.1, -0.05) is 25.1 Å². The highest BCUT2D eigenvalue weighted by Gasteiger charge is 2.11. The normalized spacial score (nSPS) is 10.4. The summed E-state index contributed by atoms with van der Waals surface area (Å²) in [6.07, 6.45) is 4.28. The molecule has 2 aromatic heterocycles. The Labute approximate surface area is 157 Å². The number of carboxylic acid groups (broad SMARTS) is 1. The molecule has 0 fully saturated rings. The summed E-state index contributed by atoms with van der Waals surface area (Å²) in [6, 6.07) is 11.7. The molecular weight excluding hydrogens is 342 g/mol. The van der Waals surface area contributed by atoms with Crippen LogP contribution in [-0.4, -0.2) is 32.6 Å². The molecule has 0 aliphatic heterocycles. The van der Waals surface area contributed by atoms with Crippen molar-refractivity contribution in [1.82, 2.24) is 15.0 Å². The number of hydrogen-bond acceptors (Lipinski definition) is 6. The van der Waals surface area contributed by atoms with Crippen LogP contribution in [0.2, 0.25) is 0 Å². The highest BCUT2D eigenvalue weighted by molar-refractivity contribution is 5.73. The first-order valence-corrected chi connectivity index (χ1v) is 8.67. The highest BCUT2D eigenvalue weighted by Crippen LogP contribution is 2.27. The third-order valence-corrected chi connectivity index (χ3v) is 4.07. The highest BCUT2D eigenvalue weighted by atomic mass is 16.4. The van der Waals surface area contributed by atoms with E-state index in [1.807, 2.05) is 37.3 Å². The number of rotatable bonds is 7. The van der Waals surface area contributed by atoms with E-state index in [0.29, 0.717) is 11.5 Å². The Hall–Kier alpha value is -3.48. The summed E-state index contributed by atoms with van der Waals surface area (Å²) in [7, 11) is 0. The summed E-state index contributed by atoms with van der Waals surface area (Å²) in [5.41, 5.74) is 4.76. The number of para-hydroxylation sites is 1. The standard InChI is InChI=1S/C20H21N5O2/c1-3-14-7-4-6-13(2)19(14)24-17-10-16(15-8-5-9-21-11-15)23-20(25-17)22-12-18(26)27/h4-11H,3,12H2,1-2H3,(H,26,27)(H2,22,23,24,25). The molecule has 2 heterocycles. The van der Waals surface area contributed by atoms with Crippen molar-refractivity contribution in [2.75, 3.05) is 17.2 Å². The number of aliphatic carboxylic acids is 1. The van der Waals surface area contributed by atoms with Crippen molar-refractivity contribution in [2.45, 2.75) is 20.3 Å². The molecule has 0 spiro atoms. The van der Waals surface area contributed by atoms with Crippen LogP contribution in [0.3, 0.4) is 0 Å². The molecule has 0 saturated carbocycles. The van der Waals surface area contributed by atoms with Crippen molar-refractivity contribution in [3.8, 4) is 11.3 Å². The quantitative estimate of drug-likeness (QED) is 0.589. The van der Waals surface area contributed by atoms with E-state index in [1.54, 1.807) is 12.4 Å². The summed E-state index contributed by atoms with van der Waals surface area (Å²) < 4.78 is 0. The molecule has 0 aliphatic carbocycles. The van der Waals surface area contributed by atoms with Gasteiger partial charge in [-0.25, -0.2) is 4.98 Å². The van der Waals surface area contributed by atoms with Gasteiger partial charge in [0, 0.05) is 29.7 Å². The summed E-state index contributed by atoms with van der Waals surface area (Å²) in [5.74, 6) is -0.152. The van der Waals surface area contributed by atoms with Crippen molar-refractivity contribution >= 4 is 23.4 Å². The number of nitrogens with zero attached hydrogens (tertiary/aromatic N) is 3. The van der Waals surface area contributed by atoms with E-state index < -0.39 is 5.97 Å². The first-order valence-electron chi connectivity index (χ1n) is 8.67. The molecule has 0 saturated heterocycles. The Bertz CT molecular complexity index is 944. The lowest BCUT2D eigenvalue weighted by atomic mass is 10.1. The zero-order valence-corrected chi connectivity index (χ0v) is 15.2. The van der Waals surface area contributed by atoms with Crippen molar-refractivity contribution in [3.63, 3.8) is 0 Å². The molecule has 7 heteroatoms. The SMILES string of the molecule is CCc1cccc(C)c1Nc1cc(-c2cccnc2)nc(NCC(=O)O)n1. The van der Waals surface area contributed by atoms with Crippen LogP contribution < -0.4 is 10.6 Å². The molecule has 0 radical (unpaired) electrons. The zero-order valence-electron chi connectivity index (χ0n) is 15.2. The van der Waals surface area contributed by atoms with E-state index in [2.05, 4.69) is 38.6 Å². The molecule has 138 valence electrons. The van der Waals surface area contributed by atoms with Crippen LogP contribution in [0.5, 0.6) is 0 Å². The summed E-state index contributed by atoms with van der Waals surface area (Å²) in [6.45, 7) is 3.87. The number of aromatic nitrogens is 3. The minimum absolute atomic E-state index is 0.243. The van der Waals surface area contributed by atoms with Gasteiger partial charge in [-0.15, -0.1) is 0 Å². The van der Waals surface area contributed by atoms with Gasteiger partial charge in [0.2, 0.25) is 5.95 Å². The molecule has 3 aromatic rings. The van der Waals surface area contributed by atoms with E-state index in [1.165, 1.54) is 5.56 Å². The van der Waals surface area contributed by atoms with Crippen molar-refractivity contribution in [1.29, 1.82) is 0 Å². The topological polar surface area (TPSA) is 100 Å². The van der Waals surface area contributed by atoms with Gasteiger partial charge in [0.05, 0.1) is 5.69 Å². The van der Waals surface area contributed by atoms with Gasteiger partial charge in [-0.3, -0.25) is 9.78 Å². The van der Waals surface area contributed by atoms with Gasteiger partial charge in [-0.2, -0.15) is 4.98 Å². The molecule has 7 nitrogen and oxygen atoms in total. The molecular formula is C20H21N5O2. The van der Waals surface area contributed by atoms with Gasteiger partial charge in [0.25, 0.3) is 0 Å². The lowest BCUT2D eigenvalue weighted by Crippen LogP contribution is -2.15. The van der Waals surface area contributed by atoms with E-state index in [-0.39, 0.29) is 12.5 Å². The molecule has 0 amide bonds. The molecule has 0 aliphatic rings. The Kier molecular flexibility index (Phi) is 5.61. The second-order valence-electron chi connectivity index (χ2n) is 6.04. The number of nitrogens with one attached hydrogen (secondary N) is 2. The van der Waals surface area contributed by atoms with Gasteiger partial charge < -0.3 is 15.7 Å². The van der Waals surface area contributed by atoms with Crippen molar-refractivity contribution < 1.29 is 9.90 Å². The zero-order chi connectivity index (χ0) is 19.2. The maximum Gasteiger partial charge on any atom is 0.322 e. The van der Waals surface area contributed by atoms with Crippen LogP contribution in [0.1, 0.15) is 18.1 Å². The van der Waals surface area contributed by atoms with E-state index in [4.69, 9.17) is 5.11 Å². The third kappa shape index (κ3) is 4.58. The number of pyridine rings is 1. The van der Waals surface area contributed by atoms with Crippen molar-refractivity contribution in [2.24, 2.45) is 0 Å². The van der Waals surface area contributed by atoms with Crippen molar-refractivity contribution in [3.05, 3.63) is 59.9 Å². The van der Waals surface area contributed by atoms with Gasteiger partial charge in [0.15, 0.2) is 0 Å². The minimum Gasteiger partial charge on any atom is -0.480 e. The number of benzene rings is 1. The van der Waals surface area contributed by atoms with Crippen LogP contribution in [0.25, 0.3) is 11.3 Å². The van der Waals surface area contributed by atoms with Crippen LogP contribution in [-0.2, 0) is 11.2 Å². The van der Waals surface area contributed by atoms with Crippen LogP contribution >= 0.6 is 0 Å². The fraction of sp³-hybridized carbons (Fsp3) is 0.200. The Morgan fingerprint density at radius 3 is 2.74 bits per heavy atom. The average molecular weight is 363 g/mol. The predicted octanol–water partition coefficient (Wildman–Crippen LogP) is 3.65. The number of carbonyl (C=O) groups is 1. The number of anilines is 3. The maximum atomic E-state index is 10.9. The Morgan fingerprint density at radius 1 is 1.19 bits per heavy atom. The third-order valence-electron chi connectivity index (χ3n) is 4.07. The van der Waals surface area contributed by atoms with Gasteiger partial charge >= 0.3 is 5.97 Å². The Morgan fingerprint density at radius 2 is 2.04 bits per heavy atom. The largest absolute Gasteiger partial charge is 0.480 e. The van der Waals surface area contributed by atoms with E-state index in [9.17, 15) is 4.79 Å². The molecule has 0 atom stereocenters. The summed E-state index contributed by atoms with van der Waals surface area (Å²) in [5, 5.41) is 15.0. The molecule has 27 heavy (non-hydrogen) atoms. The molecule has 1 aromatic carbocycles. The number of carboxylic acids is 1. The molecule has 0 unspecified atom stereocenters. The second kappa shape index (κ2) is 8.27. The first kappa shape index (κ1) is 18.3. The Balaban J connectivity index is 2.01. The first-order chi connectivity index (χ1) is 13.1. The minimum atomic E-state index is -0.980. The van der Waals surface area contributed by atoms with Gasteiger partial charge in [-0.05, 0) is 36.6 Å². The second-order valence-corrected chi connectivity index (χ2v) is 6.04. The number of aryl methyl sites for hydroxylation is 2. The molecule has 3 N–H and O–H groups in total. The number of hydrogen-bond donors (Lipinski definition) is 3. The summed E-state index contributed by atoms with van der Waals surface area (Å²) in [4.78, 5) is 23.9. The molecule has 3 rings (SSSR count).